The van der Waals surface area contributed by atoms with Crippen molar-refractivity contribution in [2.45, 2.75) is 32.4 Å². The molecule has 1 saturated heterocycles. The van der Waals surface area contributed by atoms with Crippen LogP contribution in [0.2, 0.25) is 0 Å². The lowest BCUT2D eigenvalue weighted by atomic mass is 9.90. The number of aromatic amines is 1. The molecule has 1 amide bonds. The van der Waals surface area contributed by atoms with Gasteiger partial charge in [0.15, 0.2) is 0 Å². The highest BCUT2D eigenvalue weighted by atomic mass is 32.1. The standard InChI is InChI=1S/C23H26N4OS/c28-22(24-15-19-7-4-12-29-19)20-13-23(20)8-10-27(11-9-23)16-18-14-25-26-21(18)17-5-2-1-3-6-17/h1-7,12,14,20H,8-11,13,15-16H2,(H,24,28)(H,25,26). The first-order valence-electron chi connectivity index (χ1n) is 10.3. The molecule has 1 aliphatic heterocycles. The average molecular weight is 407 g/mol. The van der Waals surface area contributed by atoms with Gasteiger partial charge in [0, 0.05) is 22.9 Å². The highest BCUT2D eigenvalue weighted by Crippen LogP contribution is 2.59. The van der Waals surface area contributed by atoms with Crippen molar-refractivity contribution in [1.29, 1.82) is 0 Å². The van der Waals surface area contributed by atoms with E-state index in [2.05, 4.69) is 56.1 Å². The predicted molar refractivity (Wildman–Crippen MR) is 115 cm³/mol. The van der Waals surface area contributed by atoms with Crippen molar-refractivity contribution in [3.8, 4) is 11.3 Å². The van der Waals surface area contributed by atoms with Gasteiger partial charge in [-0.3, -0.25) is 14.8 Å². The first-order chi connectivity index (χ1) is 14.2. The molecule has 2 aliphatic rings. The molecule has 1 aromatic carbocycles. The molecule has 6 heteroatoms. The Morgan fingerprint density at radius 3 is 2.79 bits per heavy atom. The normalized spacial score (nSPS) is 20.6. The van der Waals surface area contributed by atoms with Gasteiger partial charge in [-0.15, -0.1) is 11.3 Å². The second-order valence-corrected chi connectivity index (χ2v) is 9.36. The number of benzene rings is 1. The Labute approximate surface area is 175 Å². The van der Waals surface area contributed by atoms with Crippen LogP contribution in [0, 0.1) is 11.3 Å². The predicted octanol–water partition coefficient (Wildman–Crippen LogP) is 4.06. The highest BCUT2D eigenvalue weighted by Gasteiger charge is 2.58. The number of carbonyl (C=O) groups is 1. The minimum Gasteiger partial charge on any atom is -0.351 e. The Hall–Kier alpha value is -2.44. The molecule has 2 aromatic heterocycles. The van der Waals surface area contributed by atoms with E-state index in [-0.39, 0.29) is 17.2 Å². The molecule has 2 fully saturated rings. The van der Waals surface area contributed by atoms with Crippen molar-refractivity contribution in [3.63, 3.8) is 0 Å². The average Bonchev–Trinajstić information content (AvgIpc) is 3.12. The van der Waals surface area contributed by atoms with Crippen molar-refractivity contribution in [3.05, 3.63) is 64.5 Å². The smallest absolute Gasteiger partial charge is 0.223 e. The van der Waals surface area contributed by atoms with E-state index in [0.29, 0.717) is 6.54 Å². The summed E-state index contributed by atoms with van der Waals surface area (Å²) in [6.07, 6.45) is 5.23. The molecule has 1 atom stereocenters. The lowest BCUT2D eigenvalue weighted by Crippen LogP contribution is -2.36. The van der Waals surface area contributed by atoms with Crippen molar-refractivity contribution in [1.82, 2.24) is 20.4 Å². The number of nitrogens with one attached hydrogen (secondary N) is 2. The zero-order valence-electron chi connectivity index (χ0n) is 16.4. The maximum Gasteiger partial charge on any atom is 0.223 e. The number of likely N-dealkylation sites (tertiary alicyclic amines) is 1. The maximum atomic E-state index is 12.6. The molecule has 1 aliphatic carbocycles. The quantitative estimate of drug-likeness (QED) is 0.649. The molecule has 1 spiro atoms. The molecular formula is C23H26N4OS. The molecule has 2 N–H and O–H groups in total. The van der Waals surface area contributed by atoms with Crippen molar-refractivity contribution in [2.24, 2.45) is 11.3 Å². The zero-order valence-corrected chi connectivity index (χ0v) is 17.3. The molecule has 1 unspecified atom stereocenters. The van der Waals surface area contributed by atoms with Gasteiger partial charge < -0.3 is 5.32 Å². The second kappa shape index (κ2) is 7.76. The van der Waals surface area contributed by atoms with E-state index in [1.54, 1.807) is 11.3 Å². The van der Waals surface area contributed by atoms with E-state index in [0.717, 1.165) is 44.6 Å². The van der Waals surface area contributed by atoms with E-state index >= 15 is 0 Å². The van der Waals surface area contributed by atoms with Gasteiger partial charge in [-0.2, -0.15) is 5.10 Å². The van der Waals surface area contributed by atoms with Gasteiger partial charge in [0.2, 0.25) is 5.91 Å². The van der Waals surface area contributed by atoms with E-state index in [1.807, 2.05) is 18.3 Å². The van der Waals surface area contributed by atoms with Crippen LogP contribution in [0.3, 0.4) is 0 Å². The molecule has 5 nitrogen and oxygen atoms in total. The number of thiophene rings is 1. The van der Waals surface area contributed by atoms with Gasteiger partial charge in [0.1, 0.15) is 0 Å². The fourth-order valence-corrected chi connectivity index (χ4v) is 5.31. The van der Waals surface area contributed by atoms with Crippen LogP contribution in [-0.2, 0) is 17.9 Å². The summed E-state index contributed by atoms with van der Waals surface area (Å²) < 4.78 is 0. The van der Waals surface area contributed by atoms with Crippen molar-refractivity contribution >= 4 is 17.2 Å². The monoisotopic (exact) mass is 406 g/mol. The highest BCUT2D eigenvalue weighted by molar-refractivity contribution is 7.09. The van der Waals surface area contributed by atoms with Gasteiger partial charge in [-0.1, -0.05) is 36.4 Å². The Morgan fingerprint density at radius 1 is 1.21 bits per heavy atom. The number of hydrogen-bond donors (Lipinski definition) is 2. The fourth-order valence-electron chi connectivity index (χ4n) is 4.66. The lowest BCUT2D eigenvalue weighted by Gasteiger charge is -2.32. The molecular weight excluding hydrogens is 380 g/mol. The van der Waals surface area contributed by atoms with Gasteiger partial charge in [0.25, 0.3) is 0 Å². The summed E-state index contributed by atoms with van der Waals surface area (Å²) >= 11 is 1.70. The van der Waals surface area contributed by atoms with Crippen LogP contribution in [0.4, 0.5) is 0 Å². The number of nitrogens with zero attached hydrogens (tertiary/aromatic N) is 2. The Bertz CT molecular complexity index is 958. The van der Waals surface area contributed by atoms with E-state index in [9.17, 15) is 4.79 Å². The summed E-state index contributed by atoms with van der Waals surface area (Å²) in [6.45, 7) is 3.67. The van der Waals surface area contributed by atoms with Crippen LogP contribution >= 0.6 is 11.3 Å². The minimum atomic E-state index is 0.207. The molecule has 29 heavy (non-hydrogen) atoms. The summed E-state index contributed by atoms with van der Waals surface area (Å²) in [4.78, 5) is 16.3. The van der Waals surface area contributed by atoms with Gasteiger partial charge >= 0.3 is 0 Å². The Morgan fingerprint density at radius 2 is 2.03 bits per heavy atom. The summed E-state index contributed by atoms with van der Waals surface area (Å²) in [5.74, 6) is 0.450. The third kappa shape index (κ3) is 3.87. The fraction of sp³-hybridized carbons (Fsp3) is 0.391. The summed E-state index contributed by atoms with van der Waals surface area (Å²) in [6, 6.07) is 14.5. The third-order valence-corrected chi connectivity index (χ3v) is 7.43. The number of aromatic nitrogens is 2. The molecule has 0 bridgehead atoms. The summed E-state index contributed by atoms with van der Waals surface area (Å²) in [7, 11) is 0. The van der Waals surface area contributed by atoms with E-state index < -0.39 is 0 Å². The van der Waals surface area contributed by atoms with Crippen LogP contribution in [0.25, 0.3) is 11.3 Å². The minimum absolute atomic E-state index is 0.207. The largest absolute Gasteiger partial charge is 0.351 e. The van der Waals surface area contributed by atoms with Gasteiger partial charge in [-0.05, 0) is 54.8 Å². The molecule has 3 aromatic rings. The van der Waals surface area contributed by atoms with E-state index in [4.69, 9.17) is 0 Å². The van der Waals surface area contributed by atoms with E-state index in [1.165, 1.54) is 16.0 Å². The van der Waals surface area contributed by atoms with Crippen molar-refractivity contribution < 1.29 is 4.79 Å². The number of hydrogen-bond acceptors (Lipinski definition) is 4. The maximum absolute atomic E-state index is 12.6. The topological polar surface area (TPSA) is 61.0 Å². The van der Waals surface area contributed by atoms with Crippen LogP contribution < -0.4 is 5.32 Å². The van der Waals surface area contributed by atoms with Crippen LogP contribution in [-0.4, -0.2) is 34.1 Å². The molecule has 0 radical (unpaired) electrons. The SMILES string of the molecule is O=C(NCc1cccs1)C1CC12CCN(Cc1cn[nH]c1-c1ccccc1)CC2. The van der Waals surface area contributed by atoms with Crippen LogP contribution in [0.1, 0.15) is 29.7 Å². The first kappa shape index (κ1) is 18.6. The second-order valence-electron chi connectivity index (χ2n) is 8.33. The number of amides is 1. The van der Waals surface area contributed by atoms with Crippen LogP contribution in [0.15, 0.2) is 54.0 Å². The van der Waals surface area contributed by atoms with Crippen LogP contribution in [0.5, 0.6) is 0 Å². The summed E-state index contributed by atoms with van der Waals surface area (Å²) in [5.41, 5.74) is 3.78. The number of carbonyl (C=O) groups excluding carboxylic acids is 1. The molecule has 5 rings (SSSR count). The van der Waals surface area contributed by atoms with Gasteiger partial charge in [-0.25, -0.2) is 0 Å². The number of H-pyrrole nitrogens is 1. The molecule has 3 heterocycles. The third-order valence-electron chi connectivity index (χ3n) is 6.55. The molecule has 1 saturated carbocycles. The number of rotatable bonds is 6. The van der Waals surface area contributed by atoms with Crippen molar-refractivity contribution in [2.75, 3.05) is 13.1 Å². The molecule has 150 valence electrons. The Kier molecular flexibility index (Phi) is 4.97. The zero-order chi connectivity index (χ0) is 19.7. The summed E-state index contributed by atoms with van der Waals surface area (Å²) in [5, 5.41) is 12.6. The number of piperidine rings is 1. The lowest BCUT2D eigenvalue weighted by molar-refractivity contribution is -0.123. The van der Waals surface area contributed by atoms with Gasteiger partial charge in [0.05, 0.1) is 18.4 Å². The first-order valence-corrected chi connectivity index (χ1v) is 11.2. The Balaban J connectivity index is 1.14.